The van der Waals surface area contributed by atoms with Crippen LogP contribution >= 0.6 is 0 Å². The molecule has 1 rings (SSSR count). The van der Waals surface area contributed by atoms with Crippen LogP contribution in [0.1, 0.15) is 25.7 Å². The molecule has 0 atom stereocenters. The van der Waals surface area contributed by atoms with Gasteiger partial charge in [0.1, 0.15) is 6.54 Å². The van der Waals surface area contributed by atoms with Gasteiger partial charge >= 0.3 is 18.0 Å². The molecule has 1 aliphatic carbocycles. The third-order valence-corrected chi connectivity index (χ3v) is 3.37. The van der Waals surface area contributed by atoms with Crippen LogP contribution in [0.3, 0.4) is 0 Å². The minimum Gasteiger partial charge on any atom is -0.481 e. The van der Waals surface area contributed by atoms with Crippen molar-refractivity contribution in [2.24, 2.45) is 11.8 Å². The fourth-order valence-corrected chi connectivity index (χ4v) is 2.14. The van der Waals surface area contributed by atoms with E-state index >= 15 is 0 Å². The van der Waals surface area contributed by atoms with E-state index in [4.69, 9.17) is 5.11 Å². The summed E-state index contributed by atoms with van der Waals surface area (Å²) < 4.78 is 4.39. The van der Waals surface area contributed by atoms with Gasteiger partial charge in [0, 0.05) is 6.54 Å². The Kier molecular flexibility index (Phi) is 6.11. The first-order valence-corrected chi connectivity index (χ1v) is 6.34. The number of hydrogen-bond acceptors (Lipinski definition) is 4. The fraction of sp³-hybridized carbons (Fsp3) is 0.750. The zero-order valence-corrected chi connectivity index (χ0v) is 11.0. The summed E-state index contributed by atoms with van der Waals surface area (Å²) in [4.78, 5) is 32.9. The highest BCUT2D eigenvalue weighted by molar-refractivity contribution is 5.80. The molecular formula is C12H20N2O5. The molecule has 0 saturated heterocycles. The molecule has 0 unspecified atom stereocenters. The molecule has 0 bridgehead atoms. The molecule has 0 aliphatic heterocycles. The van der Waals surface area contributed by atoms with Gasteiger partial charge in [-0.3, -0.25) is 9.59 Å². The predicted molar refractivity (Wildman–Crippen MR) is 66.5 cm³/mol. The minimum absolute atomic E-state index is 0.159. The first kappa shape index (κ1) is 15.3. The first-order chi connectivity index (χ1) is 9.02. The Morgan fingerprint density at radius 2 is 1.79 bits per heavy atom. The number of aliphatic carboxylic acids is 1. The van der Waals surface area contributed by atoms with Crippen molar-refractivity contribution < 1.29 is 24.2 Å². The van der Waals surface area contributed by atoms with Gasteiger partial charge in [-0.1, -0.05) is 0 Å². The second-order valence-corrected chi connectivity index (χ2v) is 4.70. The van der Waals surface area contributed by atoms with Crippen LogP contribution in [-0.4, -0.2) is 43.3 Å². The molecule has 0 heterocycles. The molecule has 19 heavy (non-hydrogen) atoms. The van der Waals surface area contributed by atoms with Gasteiger partial charge in [-0.05, 0) is 31.6 Å². The first-order valence-electron chi connectivity index (χ1n) is 6.34. The normalized spacial score (nSPS) is 22.4. The zero-order valence-electron chi connectivity index (χ0n) is 11.0. The highest BCUT2D eigenvalue weighted by Crippen LogP contribution is 2.28. The van der Waals surface area contributed by atoms with E-state index in [1.807, 2.05) is 0 Å². The molecule has 108 valence electrons. The number of carbonyl (C=O) groups is 3. The zero-order chi connectivity index (χ0) is 14.3. The summed E-state index contributed by atoms with van der Waals surface area (Å²) in [6.07, 6.45) is 2.92. The smallest absolute Gasteiger partial charge is 0.325 e. The van der Waals surface area contributed by atoms with E-state index in [2.05, 4.69) is 15.4 Å². The van der Waals surface area contributed by atoms with E-state index in [1.54, 1.807) is 0 Å². The van der Waals surface area contributed by atoms with Gasteiger partial charge in [-0.25, -0.2) is 4.79 Å². The molecule has 0 radical (unpaired) electrons. The Bertz CT molecular complexity index is 337. The molecular weight excluding hydrogens is 252 g/mol. The summed E-state index contributed by atoms with van der Waals surface area (Å²) in [5.41, 5.74) is 0. The SMILES string of the molecule is COC(=O)CNC(=O)NCC1CCC(C(=O)O)CC1. The lowest BCUT2D eigenvalue weighted by Crippen LogP contribution is -2.41. The van der Waals surface area contributed by atoms with Crippen molar-refractivity contribution in [1.29, 1.82) is 0 Å². The van der Waals surface area contributed by atoms with Gasteiger partial charge in [-0.2, -0.15) is 0 Å². The molecule has 7 nitrogen and oxygen atoms in total. The number of carboxylic acids is 1. The van der Waals surface area contributed by atoms with Crippen LogP contribution in [0.15, 0.2) is 0 Å². The molecule has 3 N–H and O–H groups in total. The second-order valence-electron chi connectivity index (χ2n) is 4.70. The number of carboxylic acid groups (broad SMARTS) is 1. The highest BCUT2D eigenvalue weighted by Gasteiger charge is 2.25. The summed E-state index contributed by atoms with van der Waals surface area (Å²) >= 11 is 0. The lowest BCUT2D eigenvalue weighted by atomic mass is 9.82. The van der Waals surface area contributed by atoms with Crippen molar-refractivity contribution in [1.82, 2.24) is 10.6 Å². The van der Waals surface area contributed by atoms with Gasteiger partial charge < -0.3 is 20.5 Å². The molecule has 0 aromatic carbocycles. The van der Waals surface area contributed by atoms with E-state index in [0.29, 0.717) is 25.3 Å². The van der Waals surface area contributed by atoms with Crippen LogP contribution in [0.2, 0.25) is 0 Å². The van der Waals surface area contributed by atoms with Crippen LogP contribution in [0, 0.1) is 11.8 Å². The molecule has 2 amide bonds. The maximum Gasteiger partial charge on any atom is 0.325 e. The number of esters is 1. The maximum atomic E-state index is 11.4. The van der Waals surface area contributed by atoms with E-state index in [9.17, 15) is 14.4 Å². The van der Waals surface area contributed by atoms with Gasteiger partial charge in [0.25, 0.3) is 0 Å². The average molecular weight is 272 g/mol. The van der Waals surface area contributed by atoms with Crippen LogP contribution < -0.4 is 10.6 Å². The Balaban J connectivity index is 2.15. The quantitative estimate of drug-likeness (QED) is 0.626. The lowest BCUT2D eigenvalue weighted by molar-refractivity contribution is -0.143. The van der Waals surface area contributed by atoms with Crippen molar-refractivity contribution in [3.8, 4) is 0 Å². The number of amides is 2. The summed E-state index contributed by atoms with van der Waals surface area (Å²) in [7, 11) is 1.25. The largest absolute Gasteiger partial charge is 0.481 e. The topological polar surface area (TPSA) is 105 Å². The number of carbonyl (C=O) groups excluding carboxylic acids is 2. The molecule has 7 heteroatoms. The van der Waals surface area contributed by atoms with Crippen molar-refractivity contribution >= 4 is 18.0 Å². The third kappa shape index (κ3) is 5.58. The molecule has 1 saturated carbocycles. The summed E-state index contributed by atoms with van der Waals surface area (Å²) in [6.45, 7) is 0.341. The number of ether oxygens (including phenoxy) is 1. The maximum absolute atomic E-state index is 11.4. The van der Waals surface area contributed by atoms with Gasteiger partial charge in [0.2, 0.25) is 0 Å². The van der Waals surface area contributed by atoms with Gasteiger partial charge in [-0.15, -0.1) is 0 Å². The van der Waals surface area contributed by atoms with Crippen LogP contribution in [0.5, 0.6) is 0 Å². The van der Waals surface area contributed by atoms with Crippen molar-refractivity contribution in [3.63, 3.8) is 0 Å². The second kappa shape index (κ2) is 7.60. The van der Waals surface area contributed by atoms with E-state index in [1.165, 1.54) is 7.11 Å². The van der Waals surface area contributed by atoms with Crippen LogP contribution in [0.25, 0.3) is 0 Å². The highest BCUT2D eigenvalue weighted by atomic mass is 16.5. The molecule has 0 aromatic rings. The monoisotopic (exact) mass is 272 g/mol. The predicted octanol–water partition coefficient (Wildman–Crippen LogP) is 0.350. The van der Waals surface area contributed by atoms with E-state index < -0.39 is 18.0 Å². The average Bonchev–Trinajstić information content (AvgIpc) is 2.42. The molecule has 1 fully saturated rings. The lowest BCUT2D eigenvalue weighted by Gasteiger charge is -2.26. The van der Waals surface area contributed by atoms with E-state index in [-0.39, 0.29) is 12.5 Å². The number of hydrogen-bond donors (Lipinski definition) is 3. The molecule has 0 aromatic heterocycles. The number of urea groups is 1. The third-order valence-electron chi connectivity index (χ3n) is 3.37. The van der Waals surface area contributed by atoms with Crippen LogP contribution in [0.4, 0.5) is 4.79 Å². The van der Waals surface area contributed by atoms with Crippen molar-refractivity contribution in [3.05, 3.63) is 0 Å². The summed E-state index contributed by atoms with van der Waals surface area (Å²) in [5.74, 6) is -1.18. The Hall–Kier alpha value is -1.79. The Labute approximate surface area is 111 Å². The summed E-state index contributed by atoms with van der Waals surface area (Å²) in [5, 5.41) is 13.9. The van der Waals surface area contributed by atoms with E-state index in [0.717, 1.165) is 12.8 Å². The minimum atomic E-state index is -0.734. The van der Waals surface area contributed by atoms with Crippen LogP contribution in [-0.2, 0) is 14.3 Å². The molecule has 0 spiro atoms. The Morgan fingerprint density at radius 3 is 2.32 bits per heavy atom. The number of rotatable bonds is 5. The van der Waals surface area contributed by atoms with Gasteiger partial charge in [0.05, 0.1) is 13.0 Å². The van der Waals surface area contributed by atoms with Crippen molar-refractivity contribution in [2.75, 3.05) is 20.2 Å². The van der Waals surface area contributed by atoms with Gasteiger partial charge in [0.15, 0.2) is 0 Å². The standard InChI is InChI=1S/C12H20N2O5/c1-19-10(15)7-14-12(18)13-6-8-2-4-9(5-3-8)11(16)17/h8-9H,2-7H2,1H3,(H,16,17)(H2,13,14,18). The fourth-order valence-electron chi connectivity index (χ4n) is 2.14. The molecule has 1 aliphatic rings. The number of methoxy groups -OCH3 is 1. The summed E-state index contributed by atoms with van der Waals surface area (Å²) in [6, 6.07) is -0.411. The van der Waals surface area contributed by atoms with Crippen molar-refractivity contribution in [2.45, 2.75) is 25.7 Å². The number of nitrogens with one attached hydrogen (secondary N) is 2. The Morgan fingerprint density at radius 1 is 1.16 bits per heavy atom.